The molecule has 0 saturated carbocycles. The molecule has 0 spiro atoms. The van der Waals surface area contributed by atoms with E-state index in [4.69, 9.17) is 21.1 Å². The summed E-state index contributed by atoms with van der Waals surface area (Å²) in [5, 5.41) is 5.72. The number of nitrogens with one attached hydrogen (secondary N) is 2. The number of rotatable bonds is 7. The van der Waals surface area contributed by atoms with Crippen LogP contribution in [0.4, 0.5) is 5.69 Å². The number of carbonyl (C=O) groups excluding carboxylic acids is 2. The fraction of sp³-hybridized carbons (Fsp3) is 0.263. The lowest BCUT2D eigenvalue weighted by Crippen LogP contribution is -2.34. The summed E-state index contributed by atoms with van der Waals surface area (Å²) in [4.78, 5) is 24.0. The Morgan fingerprint density at radius 3 is 2.23 bits per heavy atom. The minimum Gasteiger partial charge on any atom is -0.490 e. The molecule has 7 heteroatoms. The lowest BCUT2D eigenvalue weighted by atomic mass is 10.2. The summed E-state index contributed by atoms with van der Waals surface area (Å²) in [5.74, 6) is -0.398. The van der Waals surface area contributed by atoms with Crippen LogP contribution < -0.4 is 20.1 Å². The molecule has 0 radical (unpaired) electrons. The summed E-state index contributed by atoms with van der Waals surface area (Å²) in [6, 6.07) is 12.0. The standard InChI is InChI=1S/C19H21ClN2O4/c1-3-25-16-10-9-15(11-17(16)26-4-2)22-19(24)18(23)21-12-13-5-7-14(20)8-6-13/h5-11H,3-4,12H2,1-2H3,(H,21,23)(H,22,24). The van der Waals surface area contributed by atoms with E-state index in [0.29, 0.717) is 35.4 Å². The van der Waals surface area contributed by atoms with Gasteiger partial charge in [-0.25, -0.2) is 0 Å². The van der Waals surface area contributed by atoms with Crippen molar-refractivity contribution in [3.05, 3.63) is 53.1 Å². The van der Waals surface area contributed by atoms with Crippen LogP contribution in [0.15, 0.2) is 42.5 Å². The molecule has 0 aliphatic rings. The van der Waals surface area contributed by atoms with Crippen LogP contribution in [-0.2, 0) is 16.1 Å². The molecule has 2 N–H and O–H groups in total. The normalized spacial score (nSPS) is 10.1. The van der Waals surface area contributed by atoms with Crippen molar-refractivity contribution in [1.29, 1.82) is 0 Å². The van der Waals surface area contributed by atoms with Gasteiger partial charge in [-0.15, -0.1) is 0 Å². The molecule has 138 valence electrons. The Hall–Kier alpha value is -2.73. The van der Waals surface area contributed by atoms with Crippen LogP contribution in [0.1, 0.15) is 19.4 Å². The highest BCUT2D eigenvalue weighted by Gasteiger charge is 2.15. The number of anilines is 1. The van der Waals surface area contributed by atoms with Gasteiger partial charge in [0.1, 0.15) is 0 Å². The topological polar surface area (TPSA) is 76.7 Å². The van der Waals surface area contributed by atoms with E-state index in [9.17, 15) is 9.59 Å². The van der Waals surface area contributed by atoms with Crippen LogP contribution in [0.2, 0.25) is 5.02 Å². The van der Waals surface area contributed by atoms with E-state index < -0.39 is 11.8 Å². The Morgan fingerprint density at radius 2 is 1.58 bits per heavy atom. The maximum Gasteiger partial charge on any atom is 0.313 e. The third kappa shape index (κ3) is 5.67. The van der Waals surface area contributed by atoms with Crippen molar-refractivity contribution in [2.75, 3.05) is 18.5 Å². The highest BCUT2D eigenvalue weighted by Crippen LogP contribution is 2.30. The van der Waals surface area contributed by atoms with E-state index in [-0.39, 0.29) is 6.54 Å². The Labute approximate surface area is 157 Å². The molecule has 2 rings (SSSR count). The largest absolute Gasteiger partial charge is 0.490 e. The number of benzene rings is 2. The number of carbonyl (C=O) groups is 2. The number of hydrogen-bond acceptors (Lipinski definition) is 4. The predicted octanol–water partition coefficient (Wildman–Crippen LogP) is 3.39. The zero-order chi connectivity index (χ0) is 18.9. The van der Waals surface area contributed by atoms with Crippen molar-refractivity contribution >= 4 is 29.1 Å². The van der Waals surface area contributed by atoms with Crippen LogP contribution in [-0.4, -0.2) is 25.0 Å². The van der Waals surface area contributed by atoms with Gasteiger partial charge >= 0.3 is 11.8 Å². The van der Waals surface area contributed by atoms with Gasteiger partial charge in [0.15, 0.2) is 11.5 Å². The van der Waals surface area contributed by atoms with Gasteiger partial charge in [-0.05, 0) is 43.7 Å². The molecule has 2 aromatic rings. The maximum atomic E-state index is 12.1. The van der Waals surface area contributed by atoms with Crippen LogP contribution in [0, 0.1) is 0 Å². The molecule has 2 amide bonds. The number of halogens is 1. The lowest BCUT2D eigenvalue weighted by Gasteiger charge is -2.13. The van der Waals surface area contributed by atoms with Crippen molar-refractivity contribution in [3.63, 3.8) is 0 Å². The van der Waals surface area contributed by atoms with E-state index in [1.165, 1.54) is 0 Å². The third-order valence-corrected chi connectivity index (χ3v) is 3.63. The summed E-state index contributed by atoms with van der Waals surface area (Å²) >= 11 is 5.81. The van der Waals surface area contributed by atoms with Gasteiger partial charge in [-0.3, -0.25) is 9.59 Å². The van der Waals surface area contributed by atoms with Crippen LogP contribution in [0.25, 0.3) is 0 Å². The molecule has 0 atom stereocenters. The van der Waals surface area contributed by atoms with Crippen LogP contribution in [0.3, 0.4) is 0 Å². The zero-order valence-electron chi connectivity index (χ0n) is 14.7. The highest BCUT2D eigenvalue weighted by atomic mass is 35.5. The molecule has 0 fully saturated rings. The van der Waals surface area contributed by atoms with E-state index in [0.717, 1.165) is 5.56 Å². The van der Waals surface area contributed by atoms with Gasteiger partial charge in [0, 0.05) is 23.3 Å². The SMILES string of the molecule is CCOc1ccc(NC(=O)C(=O)NCc2ccc(Cl)cc2)cc1OCC. The molecule has 0 heterocycles. The van der Waals surface area contributed by atoms with Gasteiger partial charge in [-0.1, -0.05) is 23.7 Å². The lowest BCUT2D eigenvalue weighted by molar-refractivity contribution is -0.136. The smallest absolute Gasteiger partial charge is 0.313 e. The first-order chi connectivity index (χ1) is 12.5. The summed E-state index contributed by atoms with van der Waals surface area (Å²) in [7, 11) is 0. The number of amides is 2. The average Bonchev–Trinajstić information content (AvgIpc) is 2.63. The molecule has 0 saturated heterocycles. The first-order valence-corrected chi connectivity index (χ1v) is 8.64. The van der Waals surface area contributed by atoms with E-state index in [1.807, 2.05) is 13.8 Å². The Morgan fingerprint density at radius 1 is 0.923 bits per heavy atom. The van der Waals surface area contributed by atoms with Crippen LogP contribution in [0.5, 0.6) is 11.5 Å². The van der Waals surface area contributed by atoms with E-state index in [1.54, 1.807) is 42.5 Å². The van der Waals surface area contributed by atoms with Gasteiger partial charge < -0.3 is 20.1 Å². The van der Waals surface area contributed by atoms with E-state index >= 15 is 0 Å². The van der Waals surface area contributed by atoms with Crippen molar-refractivity contribution in [2.24, 2.45) is 0 Å². The molecule has 0 unspecified atom stereocenters. The highest BCUT2D eigenvalue weighted by molar-refractivity contribution is 6.39. The Bertz CT molecular complexity index is 763. The summed E-state index contributed by atoms with van der Waals surface area (Å²) < 4.78 is 11.0. The molecular formula is C19H21ClN2O4. The van der Waals surface area contributed by atoms with Crippen molar-refractivity contribution in [3.8, 4) is 11.5 Å². The monoisotopic (exact) mass is 376 g/mol. The zero-order valence-corrected chi connectivity index (χ0v) is 15.4. The molecule has 26 heavy (non-hydrogen) atoms. The second kappa shape index (κ2) is 9.68. The molecule has 0 aromatic heterocycles. The fourth-order valence-electron chi connectivity index (χ4n) is 2.18. The first kappa shape index (κ1) is 19.6. The second-order valence-corrected chi connectivity index (χ2v) is 5.73. The molecular weight excluding hydrogens is 356 g/mol. The Kier molecular flexibility index (Phi) is 7.29. The second-order valence-electron chi connectivity index (χ2n) is 5.29. The van der Waals surface area contributed by atoms with Crippen molar-refractivity contribution in [2.45, 2.75) is 20.4 Å². The Balaban J connectivity index is 1.96. The molecule has 0 aliphatic carbocycles. The molecule has 6 nitrogen and oxygen atoms in total. The van der Waals surface area contributed by atoms with Gasteiger partial charge in [-0.2, -0.15) is 0 Å². The predicted molar refractivity (Wildman–Crippen MR) is 101 cm³/mol. The number of hydrogen-bond donors (Lipinski definition) is 2. The fourth-order valence-corrected chi connectivity index (χ4v) is 2.31. The maximum absolute atomic E-state index is 12.1. The minimum atomic E-state index is -0.759. The van der Waals surface area contributed by atoms with Gasteiger partial charge in [0.05, 0.1) is 13.2 Å². The van der Waals surface area contributed by atoms with Crippen LogP contribution >= 0.6 is 11.6 Å². The van der Waals surface area contributed by atoms with Gasteiger partial charge in [0.2, 0.25) is 0 Å². The van der Waals surface area contributed by atoms with Crippen molar-refractivity contribution in [1.82, 2.24) is 5.32 Å². The quantitative estimate of drug-likeness (QED) is 0.726. The average molecular weight is 377 g/mol. The number of ether oxygens (including phenoxy) is 2. The summed E-state index contributed by atoms with van der Waals surface area (Å²) in [6.07, 6.45) is 0. The minimum absolute atomic E-state index is 0.233. The summed E-state index contributed by atoms with van der Waals surface area (Å²) in [6.45, 7) is 4.91. The van der Waals surface area contributed by atoms with Gasteiger partial charge in [0.25, 0.3) is 0 Å². The van der Waals surface area contributed by atoms with E-state index in [2.05, 4.69) is 10.6 Å². The third-order valence-electron chi connectivity index (χ3n) is 3.37. The van der Waals surface area contributed by atoms with Crippen molar-refractivity contribution < 1.29 is 19.1 Å². The molecule has 0 bridgehead atoms. The molecule has 2 aromatic carbocycles. The molecule has 0 aliphatic heterocycles. The first-order valence-electron chi connectivity index (χ1n) is 8.26. The summed E-state index contributed by atoms with van der Waals surface area (Å²) in [5.41, 5.74) is 1.29.